The third-order valence-corrected chi connectivity index (χ3v) is 4.79. The molecule has 0 bridgehead atoms. The summed E-state index contributed by atoms with van der Waals surface area (Å²) < 4.78 is 17.0. The molecule has 1 aromatic rings. The molecule has 0 heterocycles. The molecule has 92 valence electrons. The zero-order chi connectivity index (χ0) is 12.4. The molecular formula is C12H13ClO3S. The SMILES string of the molecule is COC(=O)C(C1CC1)S(=O)c1ccc(Cl)cc1. The van der Waals surface area contributed by atoms with E-state index in [1.165, 1.54) is 7.11 Å². The molecule has 0 aromatic heterocycles. The van der Waals surface area contributed by atoms with Gasteiger partial charge in [0.15, 0.2) is 0 Å². The Kier molecular flexibility index (Phi) is 3.84. The largest absolute Gasteiger partial charge is 0.468 e. The van der Waals surface area contributed by atoms with Crippen LogP contribution in [0.4, 0.5) is 0 Å². The fourth-order valence-corrected chi connectivity index (χ4v) is 3.40. The van der Waals surface area contributed by atoms with Crippen LogP contribution in [-0.2, 0) is 20.3 Å². The number of benzene rings is 1. The Balaban J connectivity index is 2.21. The van der Waals surface area contributed by atoms with E-state index in [4.69, 9.17) is 16.3 Å². The van der Waals surface area contributed by atoms with Crippen molar-refractivity contribution in [1.29, 1.82) is 0 Å². The normalized spacial score (nSPS) is 18.5. The van der Waals surface area contributed by atoms with Crippen molar-refractivity contribution in [3.05, 3.63) is 29.3 Å². The fourth-order valence-electron chi connectivity index (χ4n) is 1.69. The van der Waals surface area contributed by atoms with Crippen molar-refractivity contribution in [3.8, 4) is 0 Å². The monoisotopic (exact) mass is 272 g/mol. The molecule has 3 nitrogen and oxygen atoms in total. The average Bonchev–Trinajstić information content (AvgIpc) is 3.14. The number of ether oxygens (including phenoxy) is 1. The van der Waals surface area contributed by atoms with Crippen molar-refractivity contribution in [2.45, 2.75) is 23.0 Å². The highest BCUT2D eigenvalue weighted by atomic mass is 35.5. The van der Waals surface area contributed by atoms with Crippen LogP contribution >= 0.6 is 11.6 Å². The van der Waals surface area contributed by atoms with Gasteiger partial charge in [0.1, 0.15) is 5.25 Å². The zero-order valence-corrected chi connectivity index (χ0v) is 11.0. The van der Waals surface area contributed by atoms with Crippen molar-refractivity contribution in [1.82, 2.24) is 0 Å². The second kappa shape index (κ2) is 5.19. The first-order valence-electron chi connectivity index (χ1n) is 5.37. The Hall–Kier alpha value is -0.870. The molecule has 5 heteroatoms. The van der Waals surface area contributed by atoms with E-state index in [2.05, 4.69) is 0 Å². The summed E-state index contributed by atoms with van der Waals surface area (Å²) in [6, 6.07) is 6.74. The predicted molar refractivity (Wildman–Crippen MR) is 66.4 cm³/mol. The smallest absolute Gasteiger partial charge is 0.322 e. The molecule has 0 N–H and O–H groups in total. The molecule has 17 heavy (non-hydrogen) atoms. The number of esters is 1. The summed E-state index contributed by atoms with van der Waals surface area (Å²) in [5.41, 5.74) is 0. The molecule has 1 aromatic carbocycles. The molecule has 0 amide bonds. The first kappa shape index (κ1) is 12.6. The Labute approximate surface area is 108 Å². The van der Waals surface area contributed by atoms with Gasteiger partial charge >= 0.3 is 5.97 Å². The van der Waals surface area contributed by atoms with E-state index >= 15 is 0 Å². The highest BCUT2D eigenvalue weighted by Gasteiger charge is 2.41. The Morgan fingerprint density at radius 3 is 2.47 bits per heavy atom. The number of carbonyl (C=O) groups is 1. The van der Waals surface area contributed by atoms with E-state index in [1.54, 1.807) is 24.3 Å². The van der Waals surface area contributed by atoms with Gasteiger partial charge in [-0.15, -0.1) is 0 Å². The molecule has 0 spiro atoms. The molecule has 1 aliphatic rings. The maximum atomic E-state index is 12.3. The number of halogens is 1. The first-order valence-corrected chi connectivity index (χ1v) is 6.96. The van der Waals surface area contributed by atoms with Gasteiger partial charge < -0.3 is 4.74 Å². The molecule has 2 atom stereocenters. The fraction of sp³-hybridized carbons (Fsp3) is 0.417. The number of carbonyl (C=O) groups excluding carboxylic acids is 1. The lowest BCUT2D eigenvalue weighted by atomic mass is 10.3. The average molecular weight is 273 g/mol. The summed E-state index contributed by atoms with van der Waals surface area (Å²) in [5.74, 6) is -0.195. The molecular weight excluding hydrogens is 260 g/mol. The second-order valence-corrected chi connectivity index (χ2v) is 6.04. The molecule has 1 saturated carbocycles. The van der Waals surface area contributed by atoms with Gasteiger partial charge in [0.2, 0.25) is 0 Å². The van der Waals surface area contributed by atoms with Crippen LogP contribution in [0.5, 0.6) is 0 Å². The van der Waals surface area contributed by atoms with Crippen LogP contribution in [0.2, 0.25) is 5.02 Å². The zero-order valence-electron chi connectivity index (χ0n) is 9.39. The van der Waals surface area contributed by atoms with Gasteiger partial charge in [0.25, 0.3) is 0 Å². The van der Waals surface area contributed by atoms with E-state index in [-0.39, 0.29) is 11.9 Å². The number of hydrogen-bond donors (Lipinski definition) is 0. The minimum atomic E-state index is -1.36. The van der Waals surface area contributed by atoms with Crippen LogP contribution < -0.4 is 0 Å². The van der Waals surface area contributed by atoms with Crippen LogP contribution in [0.3, 0.4) is 0 Å². The highest BCUT2D eigenvalue weighted by molar-refractivity contribution is 7.86. The lowest BCUT2D eigenvalue weighted by molar-refractivity contribution is -0.140. The topological polar surface area (TPSA) is 43.4 Å². The van der Waals surface area contributed by atoms with Crippen molar-refractivity contribution in [2.24, 2.45) is 5.92 Å². The van der Waals surface area contributed by atoms with Crippen molar-refractivity contribution < 1.29 is 13.7 Å². The van der Waals surface area contributed by atoms with Crippen LogP contribution in [0.15, 0.2) is 29.2 Å². The molecule has 1 aliphatic carbocycles. The van der Waals surface area contributed by atoms with Crippen LogP contribution in [0, 0.1) is 5.92 Å². The summed E-state index contributed by atoms with van der Waals surface area (Å²) in [6.07, 6.45) is 1.89. The van der Waals surface area contributed by atoms with Gasteiger partial charge in [-0.3, -0.25) is 9.00 Å². The number of methoxy groups -OCH3 is 1. The highest BCUT2D eigenvalue weighted by Crippen LogP contribution is 2.37. The minimum Gasteiger partial charge on any atom is -0.468 e. The maximum absolute atomic E-state index is 12.3. The molecule has 2 unspecified atom stereocenters. The third kappa shape index (κ3) is 2.87. The van der Waals surface area contributed by atoms with Gasteiger partial charge in [0, 0.05) is 9.92 Å². The van der Waals surface area contributed by atoms with Crippen LogP contribution in [0.25, 0.3) is 0 Å². The summed E-state index contributed by atoms with van der Waals surface area (Å²) in [6.45, 7) is 0. The Morgan fingerprint density at radius 2 is 2.00 bits per heavy atom. The molecule has 0 radical (unpaired) electrons. The van der Waals surface area contributed by atoms with E-state index in [1.807, 2.05) is 0 Å². The van der Waals surface area contributed by atoms with Gasteiger partial charge in [0.05, 0.1) is 17.9 Å². The third-order valence-electron chi connectivity index (χ3n) is 2.76. The van der Waals surface area contributed by atoms with Gasteiger partial charge in [-0.1, -0.05) is 11.6 Å². The predicted octanol–water partition coefficient (Wildman–Crippen LogP) is 2.40. The Bertz CT molecular complexity index is 440. The van der Waals surface area contributed by atoms with Crippen molar-refractivity contribution >= 4 is 28.4 Å². The second-order valence-electron chi connectivity index (χ2n) is 4.03. The van der Waals surface area contributed by atoms with E-state index < -0.39 is 16.0 Å². The van der Waals surface area contributed by atoms with E-state index in [0.29, 0.717) is 9.92 Å². The quantitative estimate of drug-likeness (QED) is 0.791. The maximum Gasteiger partial charge on any atom is 0.322 e. The summed E-state index contributed by atoms with van der Waals surface area (Å²) in [7, 11) is -0.0301. The van der Waals surface area contributed by atoms with E-state index in [0.717, 1.165) is 12.8 Å². The lowest BCUT2D eigenvalue weighted by Gasteiger charge is -2.13. The lowest BCUT2D eigenvalue weighted by Crippen LogP contribution is -2.29. The summed E-state index contributed by atoms with van der Waals surface area (Å²) >= 11 is 5.77. The summed E-state index contributed by atoms with van der Waals surface area (Å²) in [5, 5.41) is 0.0490. The number of rotatable bonds is 4. The minimum absolute atomic E-state index is 0.193. The van der Waals surface area contributed by atoms with Gasteiger partial charge in [-0.2, -0.15) is 0 Å². The molecule has 0 saturated heterocycles. The van der Waals surface area contributed by atoms with Crippen LogP contribution in [-0.4, -0.2) is 22.5 Å². The van der Waals surface area contributed by atoms with Crippen molar-refractivity contribution in [2.75, 3.05) is 7.11 Å². The van der Waals surface area contributed by atoms with Crippen LogP contribution in [0.1, 0.15) is 12.8 Å². The van der Waals surface area contributed by atoms with Crippen molar-refractivity contribution in [3.63, 3.8) is 0 Å². The molecule has 1 fully saturated rings. The molecule has 0 aliphatic heterocycles. The standard InChI is InChI=1S/C12H13ClO3S/c1-16-12(14)11(8-2-3-8)17(15)10-6-4-9(13)5-7-10/h4-8,11H,2-3H2,1H3. The number of hydrogen-bond acceptors (Lipinski definition) is 3. The van der Waals surface area contributed by atoms with E-state index in [9.17, 15) is 9.00 Å². The van der Waals surface area contributed by atoms with Gasteiger partial charge in [-0.25, -0.2) is 0 Å². The molecule has 2 rings (SSSR count). The summed E-state index contributed by atoms with van der Waals surface area (Å²) in [4.78, 5) is 12.3. The first-order chi connectivity index (χ1) is 8.13. The van der Waals surface area contributed by atoms with Gasteiger partial charge in [-0.05, 0) is 43.0 Å². The Morgan fingerprint density at radius 1 is 1.41 bits per heavy atom.